The van der Waals surface area contributed by atoms with Crippen LogP contribution in [0.25, 0.3) is 0 Å². The Morgan fingerprint density at radius 1 is 0.635 bits per heavy atom. The Morgan fingerprint density at radius 2 is 1.08 bits per heavy atom. The molecule has 0 aromatic heterocycles. The first-order valence-electron chi connectivity index (χ1n) is 18.6. The lowest BCUT2D eigenvalue weighted by atomic mass is 10.1. The van der Waals surface area contributed by atoms with Gasteiger partial charge < -0.3 is 25.2 Å². The number of aliphatic hydroxyl groups excluding tert-OH is 1. The van der Waals surface area contributed by atoms with Crippen LogP contribution >= 0.6 is 7.82 Å². The third kappa shape index (κ3) is 33.8. The summed E-state index contributed by atoms with van der Waals surface area (Å²) in [4.78, 5) is 45.5. The van der Waals surface area contributed by atoms with E-state index in [-0.39, 0.29) is 12.8 Å². The highest BCUT2D eigenvalue weighted by atomic mass is 31.2. The molecule has 0 radical (unpaired) electrons. The number of carbonyl (C=O) groups excluding carboxylic acids is 2. The molecule has 0 saturated heterocycles. The molecule has 12 heteroatoms. The summed E-state index contributed by atoms with van der Waals surface area (Å²) in [5.41, 5.74) is 0. The van der Waals surface area contributed by atoms with Crippen LogP contribution in [0.5, 0.6) is 0 Å². The van der Waals surface area contributed by atoms with E-state index >= 15 is 0 Å². The van der Waals surface area contributed by atoms with Gasteiger partial charge in [0.1, 0.15) is 12.7 Å². The third-order valence-electron chi connectivity index (χ3n) is 7.23. The van der Waals surface area contributed by atoms with Gasteiger partial charge >= 0.3 is 19.8 Å². The highest BCUT2D eigenvalue weighted by Gasteiger charge is 2.28. The molecule has 3 atom stereocenters. The zero-order chi connectivity index (χ0) is 38.5. The normalized spacial score (nSPS) is 14.8. The lowest BCUT2D eigenvalue weighted by Gasteiger charge is -2.18. The van der Waals surface area contributed by atoms with E-state index < -0.39 is 57.6 Å². The van der Waals surface area contributed by atoms with Crippen LogP contribution < -0.4 is 5.32 Å². The fourth-order valence-electron chi connectivity index (χ4n) is 4.33. The maximum absolute atomic E-state index is 12.2. The number of amides is 1. The van der Waals surface area contributed by atoms with Gasteiger partial charge in [-0.2, -0.15) is 0 Å². The minimum atomic E-state index is -4.77. The molecule has 0 bridgehead atoms. The van der Waals surface area contributed by atoms with Crippen LogP contribution in [0.2, 0.25) is 0 Å². The number of carboxylic acids is 1. The second-order valence-electron chi connectivity index (χ2n) is 12.1. The highest BCUT2D eigenvalue weighted by molar-refractivity contribution is 7.47. The summed E-state index contributed by atoms with van der Waals surface area (Å²) in [6, 6.07) is -1.61. The number of phosphoric acid groups is 1. The number of hydrogen-bond acceptors (Lipinski definition) is 8. The highest BCUT2D eigenvalue weighted by Crippen LogP contribution is 2.43. The number of ether oxygens (including phenoxy) is 1. The van der Waals surface area contributed by atoms with Crippen molar-refractivity contribution in [1.82, 2.24) is 5.32 Å². The number of carbonyl (C=O) groups is 3. The van der Waals surface area contributed by atoms with Crippen molar-refractivity contribution in [2.45, 2.75) is 129 Å². The standard InChI is InChI=1S/C40H64NO10P/c1-3-5-7-9-11-12-13-14-15-16-17-18-19-20-21-22-23-24-26-27-29-31-38(43)41-37(40(45)46)35-51-52(47,48)50-34-36(42)33-49-39(44)32-30-28-25-10-8-6-4-2/h5,7,11-12,14-15,17-18,20-21,23-24,27,29,36-37,42H,3-4,6,8-10,13,16,19,22,25-26,28,30-35H2,1-2H3,(H,41,43)(H,45,46)(H,47,48)/b7-5-,12-11-,15-14-,18-17-,21-20-,24-23-,29-27-. The summed E-state index contributed by atoms with van der Waals surface area (Å²) < 4.78 is 26.5. The Morgan fingerprint density at radius 3 is 1.56 bits per heavy atom. The van der Waals surface area contributed by atoms with Gasteiger partial charge in [0.15, 0.2) is 6.04 Å². The first kappa shape index (κ1) is 48.7. The van der Waals surface area contributed by atoms with Crippen molar-refractivity contribution in [2.75, 3.05) is 19.8 Å². The van der Waals surface area contributed by atoms with Crippen LogP contribution in [0.1, 0.15) is 117 Å². The predicted octanol–water partition coefficient (Wildman–Crippen LogP) is 8.77. The molecule has 0 saturated carbocycles. The Bertz CT molecular complexity index is 1200. The summed E-state index contributed by atoms with van der Waals surface area (Å²) in [6.45, 7) is 2.31. The lowest BCUT2D eigenvalue weighted by Crippen LogP contribution is -2.43. The fraction of sp³-hybridized carbons (Fsp3) is 0.575. The number of aliphatic carboxylic acids is 1. The molecular formula is C40H64NO10P. The maximum Gasteiger partial charge on any atom is 0.472 e. The van der Waals surface area contributed by atoms with Crippen molar-refractivity contribution in [3.8, 4) is 0 Å². The van der Waals surface area contributed by atoms with E-state index in [0.717, 1.165) is 57.8 Å². The molecule has 0 heterocycles. The van der Waals surface area contributed by atoms with Crippen molar-refractivity contribution in [3.05, 3.63) is 85.1 Å². The molecule has 0 aromatic rings. The van der Waals surface area contributed by atoms with Gasteiger partial charge in [0.05, 0.1) is 13.2 Å². The summed E-state index contributed by atoms with van der Waals surface area (Å²) >= 11 is 0. The Hall–Kier alpha value is -3.34. The Kier molecular flexibility index (Phi) is 32.5. The van der Waals surface area contributed by atoms with E-state index in [4.69, 9.17) is 13.8 Å². The molecule has 4 N–H and O–H groups in total. The van der Waals surface area contributed by atoms with Gasteiger partial charge in [0, 0.05) is 12.8 Å². The minimum Gasteiger partial charge on any atom is -0.480 e. The molecule has 11 nitrogen and oxygen atoms in total. The largest absolute Gasteiger partial charge is 0.480 e. The van der Waals surface area contributed by atoms with Crippen LogP contribution in [0.3, 0.4) is 0 Å². The Balaban J connectivity index is 4.15. The number of carboxylic acid groups (broad SMARTS) is 1. The summed E-state index contributed by atoms with van der Waals surface area (Å²) in [5.74, 6) is -2.57. The predicted molar refractivity (Wildman–Crippen MR) is 207 cm³/mol. The summed E-state index contributed by atoms with van der Waals surface area (Å²) in [6.07, 6.45) is 41.1. The van der Waals surface area contributed by atoms with Gasteiger partial charge in [0.25, 0.3) is 0 Å². The van der Waals surface area contributed by atoms with Crippen molar-refractivity contribution in [1.29, 1.82) is 0 Å². The van der Waals surface area contributed by atoms with E-state index in [9.17, 15) is 34.1 Å². The monoisotopic (exact) mass is 749 g/mol. The zero-order valence-corrected chi connectivity index (χ0v) is 32.2. The van der Waals surface area contributed by atoms with Crippen LogP contribution in [-0.2, 0) is 32.7 Å². The lowest BCUT2D eigenvalue weighted by molar-refractivity contribution is -0.147. The summed E-state index contributed by atoms with van der Waals surface area (Å²) in [7, 11) is -4.77. The minimum absolute atomic E-state index is 0.0937. The zero-order valence-electron chi connectivity index (χ0n) is 31.3. The van der Waals surface area contributed by atoms with Gasteiger partial charge in [-0.15, -0.1) is 0 Å². The molecular weight excluding hydrogens is 685 g/mol. The van der Waals surface area contributed by atoms with Crippen LogP contribution in [-0.4, -0.2) is 64.9 Å². The molecule has 0 fully saturated rings. The van der Waals surface area contributed by atoms with E-state index in [1.807, 2.05) is 12.2 Å². The third-order valence-corrected chi connectivity index (χ3v) is 8.18. The van der Waals surface area contributed by atoms with Gasteiger partial charge in [-0.05, 0) is 51.4 Å². The number of rotatable bonds is 33. The Labute approximate surface area is 311 Å². The SMILES string of the molecule is CC/C=C\C/C=C\C/C=C\C/C=C\C/C=C\C/C=C\C/C=C\CC(=O)NC(COP(=O)(O)OCC(O)COC(=O)CCCCCCCCC)C(=O)O. The van der Waals surface area contributed by atoms with Crippen LogP contribution in [0.4, 0.5) is 0 Å². The summed E-state index contributed by atoms with van der Waals surface area (Å²) in [5, 5.41) is 21.6. The maximum atomic E-state index is 12.2. The van der Waals surface area contributed by atoms with Crippen LogP contribution in [0.15, 0.2) is 85.1 Å². The number of allylic oxidation sites excluding steroid dienone is 13. The topological polar surface area (TPSA) is 169 Å². The first-order chi connectivity index (χ1) is 25.1. The second kappa shape index (κ2) is 34.7. The van der Waals surface area contributed by atoms with Crippen molar-refractivity contribution in [3.63, 3.8) is 0 Å². The molecule has 0 aromatic carbocycles. The quantitative estimate of drug-likeness (QED) is 0.0220. The number of esters is 1. The van der Waals surface area contributed by atoms with Gasteiger partial charge in [-0.25, -0.2) is 9.36 Å². The molecule has 52 heavy (non-hydrogen) atoms. The van der Waals surface area contributed by atoms with Gasteiger partial charge in [-0.3, -0.25) is 18.6 Å². The first-order valence-corrected chi connectivity index (χ1v) is 20.1. The number of nitrogens with one attached hydrogen (secondary N) is 1. The van der Waals surface area contributed by atoms with E-state index in [0.29, 0.717) is 12.8 Å². The molecule has 0 spiro atoms. The van der Waals surface area contributed by atoms with Crippen molar-refractivity contribution < 1.29 is 47.8 Å². The average molecular weight is 750 g/mol. The molecule has 0 rings (SSSR count). The van der Waals surface area contributed by atoms with Crippen LogP contribution in [0, 0.1) is 0 Å². The van der Waals surface area contributed by atoms with Crippen molar-refractivity contribution >= 4 is 25.7 Å². The number of unbranched alkanes of at least 4 members (excludes halogenated alkanes) is 6. The van der Waals surface area contributed by atoms with E-state index in [1.54, 1.807) is 12.2 Å². The average Bonchev–Trinajstić information content (AvgIpc) is 3.11. The molecule has 1 amide bonds. The molecule has 0 aliphatic carbocycles. The fourth-order valence-corrected chi connectivity index (χ4v) is 5.11. The molecule has 294 valence electrons. The van der Waals surface area contributed by atoms with Crippen molar-refractivity contribution in [2.24, 2.45) is 0 Å². The van der Waals surface area contributed by atoms with E-state index in [1.165, 1.54) is 19.3 Å². The number of aliphatic hydroxyl groups is 1. The smallest absolute Gasteiger partial charge is 0.472 e. The second-order valence-corrected chi connectivity index (χ2v) is 13.5. The van der Waals surface area contributed by atoms with Gasteiger partial charge in [-0.1, -0.05) is 137 Å². The van der Waals surface area contributed by atoms with E-state index in [2.05, 4.69) is 79.9 Å². The van der Waals surface area contributed by atoms with Gasteiger partial charge in [0.2, 0.25) is 5.91 Å². The number of hydrogen-bond donors (Lipinski definition) is 4. The molecule has 0 aliphatic rings. The number of phosphoric ester groups is 1. The molecule has 0 aliphatic heterocycles. The molecule has 3 unspecified atom stereocenters.